The molecule has 0 spiro atoms. The molecule has 0 amide bonds. The van der Waals surface area contributed by atoms with Crippen LogP contribution in [0.5, 0.6) is 0 Å². The highest BCUT2D eigenvalue weighted by Gasteiger charge is 2.10. The van der Waals surface area contributed by atoms with Gasteiger partial charge in [-0.1, -0.05) is 0 Å². The number of hydrogen-bond donors (Lipinski definition) is 1. The van der Waals surface area contributed by atoms with Crippen molar-refractivity contribution in [1.82, 2.24) is 4.98 Å². The summed E-state index contributed by atoms with van der Waals surface area (Å²) in [6, 6.07) is 3.15. The quantitative estimate of drug-likeness (QED) is 0.743. The standard InChI is InChI=1S/C10H14N2O3S/c1-16(14,15)5-3-10(13)8-2-4-12-9(6-8)7-11/h2,4,6H,3,5,7,11H2,1H3. The molecule has 0 aliphatic rings. The number of sulfone groups is 1. The van der Waals surface area contributed by atoms with E-state index in [9.17, 15) is 13.2 Å². The summed E-state index contributed by atoms with van der Waals surface area (Å²) in [7, 11) is -3.10. The molecule has 0 aliphatic heterocycles. The molecular weight excluding hydrogens is 228 g/mol. The number of pyridine rings is 1. The summed E-state index contributed by atoms with van der Waals surface area (Å²) >= 11 is 0. The predicted molar refractivity (Wildman–Crippen MR) is 60.8 cm³/mol. The molecule has 0 bridgehead atoms. The Balaban J connectivity index is 2.73. The lowest BCUT2D eigenvalue weighted by atomic mass is 10.1. The minimum absolute atomic E-state index is 0.00709. The van der Waals surface area contributed by atoms with Gasteiger partial charge in [0.2, 0.25) is 0 Å². The van der Waals surface area contributed by atoms with Crippen LogP contribution in [0.2, 0.25) is 0 Å². The number of hydrogen-bond acceptors (Lipinski definition) is 5. The zero-order chi connectivity index (χ0) is 12.2. The van der Waals surface area contributed by atoms with E-state index in [0.717, 1.165) is 6.26 Å². The second-order valence-corrected chi connectivity index (χ2v) is 5.80. The number of carbonyl (C=O) groups is 1. The van der Waals surface area contributed by atoms with Crippen LogP contribution in [0.25, 0.3) is 0 Å². The highest BCUT2D eigenvalue weighted by Crippen LogP contribution is 2.06. The summed E-state index contributed by atoms with van der Waals surface area (Å²) in [5.41, 5.74) is 6.47. The summed E-state index contributed by atoms with van der Waals surface area (Å²) in [5.74, 6) is -0.339. The lowest BCUT2D eigenvalue weighted by molar-refractivity contribution is 0.0988. The number of aromatic nitrogens is 1. The fourth-order valence-corrected chi connectivity index (χ4v) is 1.74. The monoisotopic (exact) mass is 242 g/mol. The Morgan fingerprint density at radius 2 is 2.19 bits per heavy atom. The van der Waals surface area contributed by atoms with Crippen LogP contribution >= 0.6 is 0 Å². The van der Waals surface area contributed by atoms with Crippen LogP contribution in [0.3, 0.4) is 0 Å². The number of ketones is 1. The van der Waals surface area contributed by atoms with Gasteiger partial charge in [0.15, 0.2) is 5.78 Å². The molecule has 0 aromatic carbocycles. The van der Waals surface area contributed by atoms with Crippen LogP contribution in [-0.4, -0.2) is 31.2 Å². The third-order valence-corrected chi connectivity index (χ3v) is 2.99. The van der Waals surface area contributed by atoms with Crippen molar-refractivity contribution in [2.45, 2.75) is 13.0 Å². The van der Waals surface area contributed by atoms with E-state index in [4.69, 9.17) is 5.73 Å². The van der Waals surface area contributed by atoms with Gasteiger partial charge in [0, 0.05) is 31.0 Å². The minimum atomic E-state index is -3.10. The molecule has 1 heterocycles. The number of nitrogens with zero attached hydrogens (tertiary/aromatic N) is 1. The summed E-state index contributed by atoms with van der Waals surface area (Å²) in [4.78, 5) is 15.6. The van der Waals surface area contributed by atoms with Crippen LogP contribution in [0.4, 0.5) is 0 Å². The second-order valence-electron chi connectivity index (χ2n) is 3.54. The lowest BCUT2D eigenvalue weighted by Crippen LogP contribution is -2.10. The van der Waals surface area contributed by atoms with E-state index in [1.54, 1.807) is 12.1 Å². The molecule has 2 N–H and O–H groups in total. The number of carbonyl (C=O) groups excluding carboxylic acids is 1. The molecule has 0 saturated carbocycles. The van der Waals surface area contributed by atoms with Gasteiger partial charge < -0.3 is 5.73 Å². The molecule has 0 unspecified atom stereocenters. The summed E-state index contributed by atoms with van der Waals surface area (Å²) in [5, 5.41) is 0. The highest BCUT2D eigenvalue weighted by molar-refractivity contribution is 7.90. The average Bonchev–Trinajstić information content (AvgIpc) is 2.25. The zero-order valence-electron chi connectivity index (χ0n) is 9.01. The maximum Gasteiger partial charge on any atom is 0.164 e. The first-order valence-corrected chi connectivity index (χ1v) is 6.84. The third-order valence-electron chi connectivity index (χ3n) is 2.05. The molecule has 5 nitrogen and oxygen atoms in total. The number of Topliss-reactive ketones (excluding diaryl/α,β-unsaturated/α-hetero) is 1. The van der Waals surface area contributed by atoms with Gasteiger partial charge in [0.25, 0.3) is 0 Å². The Hall–Kier alpha value is -1.27. The van der Waals surface area contributed by atoms with E-state index >= 15 is 0 Å². The van der Waals surface area contributed by atoms with Gasteiger partial charge in [0.1, 0.15) is 9.84 Å². The highest BCUT2D eigenvalue weighted by atomic mass is 32.2. The van der Waals surface area contributed by atoms with Crippen LogP contribution in [0.15, 0.2) is 18.3 Å². The Morgan fingerprint density at radius 1 is 1.50 bits per heavy atom. The fourth-order valence-electron chi connectivity index (χ4n) is 1.19. The summed E-state index contributed by atoms with van der Waals surface area (Å²) < 4.78 is 21.8. The van der Waals surface area contributed by atoms with Gasteiger partial charge in [0.05, 0.1) is 11.4 Å². The maximum absolute atomic E-state index is 11.6. The van der Waals surface area contributed by atoms with E-state index < -0.39 is 9.84 Å². The molecular formula is C10H14N2O3S. The molecule has 0 fully saturated rings. The molecule has 0 radical (unpaired) electrons. The van der Waals surface area contributed by atoms with Crippen molar-refractivity contribution in [2.75, 3.05) is 12.0 Å². The molecule has 16 heavy (non-hydrogen) atoms. The van der Waals surface area contributed by atoms with Crippen LogP contribution in [0.1, 0.15) is 22.5 Å². The lowest BCUT2D eigenvalue weighted by Gasteiger charge is -2.02. The first-order chi connectivity index (χ1) is 7.42. The van der Waals surface area contributed by atoms with Crippen molar-refractivity contribution in [3.63, 3.8) is 0 Å². The van der Waals surface area contributed by atoms with E-state index in [-0.39, 0.29) is 24.5 Å². The molecule has 6 heteroatoms. The van der Waals surface area contributed by atoms with Crippen molar-refractivity contribution in [3.8, 4) is 0 Å². The normalized spacial score (nSPS) is 11.4. The minimum Gasteiger partial charge on any atom is -0.325 e. The van der Waals surface area contributed by atoms with Gasteiger partial charge in [-0.2, -0.15) is 0 Å². The van der Waals surface area contributed by atoms with Crippen LogP contribution in [-0.2, 0) is 16.4 Å². The Bertz CT molecular complexity index is 483. The van der Waals surface area contributed by atoms with E-state index in [1.807, 2.05) is 0 Å². The summed E-state index contributed by atoms with van der Waals surface area (Å²) in [6.07, 6.45) is 2.60. The Labute approximate surface area is 94.6 Å². The maximum atomic E-state index is 11.6. The van der Waals surface area contributed by atoms with Crippen molar-refractivity contribution in [3.05, 3.63) is 29.6 Å². The van der Waals surface area contributed by atoms with Crippen LogP contribution < -0.4 is 5.73 Å². The predicted octanol–water partition coefficient (Wildman–Crippen LogP) is 0.158. The van der Waals surface area contributed by atoms with Gasteiger partial charge in [-0.25, -0.2) is 8.42 Å². The molecule has 88 valence electrons. The van der Waals surface area contributed by atoms with Gasteiger partial charge in [-0.05, 0) is 12.1 Å². The van der Waals surface area contributed by atoms with E-state index in [0.29, 0.717) is 11.3 Å². The van der Waals surface area contributed by atoms with Crippen molar-refractivity contribution < 1.29 is 13.2 Å². The Morgan fingerprint density at radius 3 is 2.75 bits per heavy atom. The molecule has 0 saturated heterocycles. The van der Waals surface area contributed by atoms with Gasteiger partial charge in [-0.15, -0.1) is 0 Å². The molecule has 0 atom stereocenters. The molecule has 1 aromatic rings. The molecule has 1 aromatic heterocycles. The smallest absolute Gasteiger partial charge is 0.164 e. The van der Waals surface area contributed by atoms with Crippen molar-refractivity contribution in [2.24, 2.45) is 5.73 Å². The van der Waals surface area contributed by atoms with E-state index in [1.165, 1.54) is 6.20 Å². The average molecular weight is 242 g/mol. The zero-order valence-corrected chi connectivity index (χ0v) is 9.83. The van der Waals surface area contributed by atoms with Crippen LogP contribution in [0, 0.1) is 0 Å². The summed E-state index contributed by atoms with van der Waals surface area (Å²) in [6.45, 7) is 0.257. The molecule has 0 aliphatic carbocycles. The fraction of sp³-hybridized carbons (Fsp3) is 0.400. The van der Waals surface area contributed by atoms with Gasteiger partial charge in [-0.3, -0.25) is 9.78 Å². The van der Waals surface area contributed by atoms with Crippen molar-refractivity contribution >= 4 is 15.6 Å². The number of nitrogens with two attached hydrogens (primary N) is 1. The van der Waals surface area contributed by atoms with Gasteiger partial charge >= 0.3 is 0 Å². The SMILES string of the molecule is CS(=O)(=O)CCC(=O)c1ccnc(CN)c1. The first kappa shape index (κ1) is 12.8. The van der Waals surface area contributed by atoms with E-state index in [2.05, 4.69) is 4.98 Å². The molecule has 1 rings (SSSR count). The topological polar surface area (TPSA) is 90.1 Å². The third kappa shape index (κ3) is 4.08. The largest absolute Gasteiger partial charge is 0.325 e. The first-order valence-electron chi connectivity index (χ1n) is 4.78. The number of rotatable bonds is 5. The Kier molecular flexibility index (Phi) is 4.14. The van der Waals surface area contributed by atoms with Crippen molar-refractivity contribution in [1.29, 1.82) is 0 Å². The second kappa shape index (κ2) is 5.18.